The average Bonchev–Trinajstić information content (AvgIpc) is 2.04. The third kappa shape index (κ3) is 2.35. The molecule has 11 heavy (non-hydrogen) atoms. The topological polar surface area (TPSA) is 20.2 Å². The number of rotatable bonds is 2. The van der Waals surface area contributed by atoms with Crippen LogP contribution in [0.15, 0.2) is 23.1 Å². The van der Waals surface area contributed by atoms with Gasteiger partial charge in [0.25, 0.3) is 0 Å². The largest absolute Gasteiger partial charge is 0.392 e. The molecule has 60 valence electrons. The molecule has 0 unspecified atom stereocenters. The highest BCUT2D eigenvalue weighted by Gasteiger charge is 1.99. The SMILES string of the molecule is CSc1ccc(I)cc1CO. The van der Waals surface area contributed by atoms with E-state index in [4.69, 9.17) is 5.11 Å². The van der Waals surface area contributed by atoms with E-state index < -0.39 is 0 Å². The minimum Gasteiger partial charge on any atom is -0.392 e. The van der Waals surface area contributed by atoms with Gasteiger partial charge in [0.2, 0.25) is 0 Å². The van der Waals surface area contributed by atoms with Crippen LogP contribution in [0.25, 0.3) is 0 Å². The van der Waals surface area contributed by atoms with E-state index in [1.165, 1.54) is 3.57 Å². The van der Waals surface area contributed by atoms with Crippen molar-refractivity contribution in [2.45, 2.75) is 11.5 Å². The Labute approximate surface area is 84.3 Å². The highest BCUT2D eigenvalue weighted by molar-refractivity contribution is 14.1. The van der Waals surface area contributed by atoms with Crippen LogP contribution >= 0.6 is 34.4 Å². The van der Waals surface area contributed by atoms with Crippen LogP contribution in [-0.2, 0) is 6.61 Å². The van der Waals surface area contributed by atoms with Crippen LogP contribution in [0.5, 0.6) is 0 Å². The first-order valence-electron chi connectivity index (χ1n) is 3.21. The lowest BCUT2D eigenvalue weighted by atomic mass is 10.2. The zero-order valence-corrected chi connectivity index (χ0v) is 9.15. The molecule has 1 nitrogen and oxygen atoms in total. The van der Waals surface area contributed by atoms with E-state index in [-0.39, 0.29) is 6.61 Å². The highest BCUT2D eigenvalue weighted by Crippen LogP contribution is 2.22. The maximum Gasteiger partial charge on any atom is 0.0693 e. The molecule has 1 aromatic rings. The molecule has 1 N–H and O–H groups in total. The number of aliphatic hydroxyl groups excluding tert-OH is 1. The minimum atomic E-state index is 0.132. The lowest BCUT2D eigenvalue weighted by Gasteiger charge is -2.03. The lowest BCUT2D eigenvalue weighted by molar-refractivity contribution is 0.279. The summed E-state index contributed by atoms with van der Waals surface area (Å²) in [7, 11) is 0. The van der Waals surface area contributed by atoms with Crippen LogP contribution in [0.2, 0.25) is 0 Å². The number of thioether (sulfide) groups is 1. The van der Waals surface area contributed by atoms with Crippen molar-refractivity contribution in [3.05, 3.63) is 27.3 Å². The van der Waals surface area contributed by atoms with Crippen LogP contribution in [-0.4, -0.2) is 11.4 Å². The molecule has 0 aromatic heterocycles. The Morgan fingerprint density at radius 2 is 2.27 bits per heavy atom. The molecule has 0 spiro atoms. The summed E-state index contributed by atoms with van der Waals surface area (Å²) in [6.45, 7) is 0.132. The first-order valence-corrected chi connectivity index (χ1v) is 5.51. The van der Waals surface area contributed by atoms with Crippen molar-refractivity contribution < 1.29 is 5.11 Å². The van der Waals surface area contributed by atoms with Crippen molar-refractivity contribution in [1.29, 1.82) is 0 Å². The van der Waals surface area contributed by atoms with Gasteiger partial charge in [0.15, 0.2) is 0 Å². The summed E-state index contributed by atoms with van der Waals surface area (Å²) in [4.78, 5) is 1.16. The predicted molar refractivity (Wildman–Crippen MR) is 56.9 cm³/mol. The Bertz CT molecular complexity index is 250. The summed E-state index contributed by atoms with van der Waals surface area (Å²) in [5, 5.41) is 8.96. The molecule has 0 saturated carbocycles. The second-order valence-electron chi connectivity index (χ2n) is 2.11. The van der Waals surface area contributed by atoms with Crippen LogP contribution in [0.3, 0.4) is 0 Å². The summed E-state index contributed by atoms with van der Waals surface area (Å²) in [5.41, 5.74) is 1.02. The van der Waals surface area contributed by atoms with Gasteiger partial charge in [0.05, 0.1) is 6.61 Å². The first kappa shape index (κ1) is 9.35. The normalized spacial score (nSPS) is 10.1. The molecule has 0 aliphatic rings. The Kier molecular flexibility index (Phi) is 3.68. The molecule has 0 bridgehead atoms. The second-order valence-corrected chi connectivity index (χ2v) is 4.21. The van der Waals surface area contributed by atoms with Gasteiger partial charge < -0.3 is 5.11 Å². The Morgan fingerprint density at radius 3 is 2.82 bits per heavy atom. The van der Waals surface area contributed by atoms with E-state index in [1.54, 1.807) is 11.8 Å². The van der Waals surface area contributed by atoms with Crippen LogP contribution in [0.1, 0.15) is 5.56 Å². The molecule has 0 heterocycles. The van der Waals surface area contributed by atoms with Crippen molar-refractivity contribution in [3.63, 3.8) is 0 Å². The standard InChI is InChI=1S/C8H9IOS/c1-11-8-3-2-7(9)4-6(8)5-10/h2-4,10H,5H2,1H3. The Balaban J connectivity index is 3.06. The van der Waals surface area contributed by atoms with Crippen molar-refractivity contribution in [3.8, 4) is 0 Å². The van der Waals surface area contributed by atoms with Gasteiger partial charge in [-0.05, 0) is 52.6 Å². The van der Waals surface area contributed by atoms with Gasteiger partial charge in [0, 0.05) is 8.47 Å². The van der Waals surface area contributed by atoms with Gasteiger partial charge in [-0.2, -0.15) is 0 Å². The van der Waals surface area contributed by atoms with Gasteiger partial charge >= 0.3 is 0 Å². The number of hydrogen-bond acceptors (Lipinski definition) is 2. The molecule has 0 aliphatic heterocycles. The zero-order valence-electron chi connectivity index (χ0n) is 6.17. The predicted octanol–water partition coefficient (Wildman–Crippen LogP) is 2.51. The van der Waals surface area contributed by atoms with Crippen LogP contribution in [0, 0.1) is 3.57 Å². The highest BCUT2D eigenvalue weighted by atomic mass is 127. The maximum absolute atomic E-state index is 8.96. The van der Waals surface area contributed by atoms with Gasteiger partial charge in [-0.3, -0.25) is 0 Å². The van der Waals surface area contributed by atoms with E-state index in [9.17, 15) is 0 Å². The number of hydrogen-bond donors (Lipinski definition) is 1. The number of halogens is 1. The summed E-state index contributed by atoms with van der Waals surface area (Å²) in [6, 6.07) is 6.09. The Morgan fingerprint density at radius 1 is 1.55 bits per heavy atom. The monoisotopic (exact) mass is 280 g/mol. The fourth-order valence-electron chi connectivity index (χ4n) is 0.871. The molecule has 1 rings (SSSR count). The van der Waals surface area contributed by atoms with Crippen molar-refractivity contribution in [2.75, 3.05) is 6.26 Å². The summed E-state index contributed by atoms with van der Waals surface area (Å²) >= 11 is 3.91. The molecule has 0 radical (unpaired) electrons. The van der Waals surface area contributed by atoms with E-state index in [0.29, 0.717) is 0 Å². The average molecular weight is 280 g/mol. The maximum atomic E-state index is 8.96. The zero-order chi connectivity index (χ0) is 8.27. The van der Waals surface area contributed by atoms with Gasteiger partial charge in [-0.25, -0.2) is 0 Å². The third-order valence-electron chi connectivity index (χ3n) is 1.41. The molecule has 0 aliphatic carbocycles. The van der Waals surface area contributed by atoms with Gasteiger partial charge in [-0.15, -0.1) is 11.8 Å². The molecule has 1 aromatic carbocycles. The van der Waals surface area contributed by atoms with Gasteiger partial charge in [0.1, 0.15) is 0 Å². The molecular formula is C8H9IOS. The van der Waals surface area contributed by atoms with Crippen LogP contribution < -0.4 is 0 Å². The fourth-order valence-corrected chi connectivity index (χ4v) is 2.02. The fraction of sp³-hybridized carbons (Fsp3) is 0.250. The number of aliphatic hydroxyl groups is 1. The Hall–Kier alpha value is 0.260. The van der Waals surface area contributed by atoms with E-state index >= 15 is 0 Å². The van der Waals surface area contributed by atoms with Crippen molar-refractivity contribution in [2.24, 2.45) is 0 Å². The summed E-state index contributed by atoms with van der Waals surface area (Å²) in [5.74, 6) is 0. The van der Waals surface area contributed by atoms with Crippen molar-refractivity contribution >= 4 is 34.4 Å². The van der Waals surface area contributed by atoms with E-state index in [1.807, 2.05) is 24.5 Å². The van der Waals surface area contributed by atoms with Crippen LogP contribution in [0.4, 0.5) is 0 Å². The smallest absolute Gasteiger partial charge is 0.0693 e. The molecule has 3 heteroatoms. The quantitative estimate of drug-likeness (QED) is 0.663. The molecule has 0 saturated heterocycles. The minimum absolute atomic E-state index is 0.132. The van der Waals surface area contributed by atoms with Gasteiger partial charge in [-0.1, -0.05) is 0 Å². The summed E-state index contributed by atoms with van der Waals surface area (Å²) in [6.07, 6.45) is 2.02. The number of benzene rings is 1. The molecular weight excluding hydrogens is 271 g/mol. The summed E-state index contributed by atoms with van der Waals surface area (Å²) < 4.78 is 1.17. The lowest BCUT2D eigenvalue weighted by Crippen LogP contribution is -1.87. The second kappa shape index (κ2) is 4.33. The molecule has 0 atom stereocenters. The van der Waals surface area contributed by atoms with Crippen molar-refractivity contribution in [1.82, 2.24) is 0 Å². The first-order chi connectivity index (χ1) is 5.27. The van der Waals surface area contributed by atoms with E-state index in [2.05, 4.69) is 22.6 Å². The third-order valence-corrected chi connectivity index (χ3v) is 2.92. The molecule has 0 fully saturated rings. The van der Waals surface area contributed by atoms with E-state index in [0.717, 1.165) is 10.5 Å². The molecule has 0 amide bonds.